The Kier molecular flexibility index (Phi) is 7.40. The quantitative estimate of drug-likeness (QED) is 0.226. The Morgan fingerprint density at radius 2 is 1.82 bits per heavy atom. The predicted molar refractivity (Wildman–Crippen MR) is 142 cm³/mol. The summed E-state index contributed by atoms with van der Waals surface area (Å²) in [5.41, 5.74) is 4.19. The van der Waals surface area contributed by atoms with Gasteiger partial charge in [-0.1, -0.05) is 36.0 Å². The number of pyridine rings is 1. The number of nitrogens with zero attached hydrogens (tertiary/aromatic N) is 7. The van der Waals surface area contributed by atoms with E-state index in [0.717, 1.165) is 46.4 Å². The lowest BCUT2D eigenvalue weighted by Crippen LogP contribution is -2.34. The largest absolute Gasteiger partial charge is 0.573 e. The molecule has 194 valence electrons. The van der Waals surface area contributed by atoms with Crippen LogP contribution in [0.2, 0.25) is 0 Å². The molecule has 0 N–H and O–H groups in total. The Hall–Kier alpha value is -4.19. The minimum atomic E-state index is -4.74. The van der Waals surface area contributed by atoms with Gasteiger partial charge in [0.15, 0.2) is 11.0 Å². The third-order valence-corrected chi connectivity index (χ3v) is 6.66. The fourth-order valence-electron chi connectivity index (χ4n) is 3.81. The predicted octanol–water partition coefficient (Wildman–Crippen LogP) is 5.87. The summed E-state index contributed by atoms with van der Waals surface area (Å²) >= 11 is 1.67. The number of ether oxygens (including phenoxy) is 1. The highest BCUT2D eigenvalue weighted by atomic mass is 32.2. The van der Waals surface area contributed by atoms with Gasteiger partial charge in [0, 0.05) is 24.1 Å². The first-order valence-corrected chi connectivity index (χ1v) is 12.7. The molecule has 0 aliphatic carbocycles. The van der Waals surface area contributed by atoms with Crippen molar-refractivity contribution in [3.05, 3.63) is 84.4 Å². The van der Waals surface area contributed by atoms with Crippen molar-refractivity contribution in [1.82, 2.24) is 19.7 Å². The van der Waals surface area contributed by atoms with E-state index in [-0.39, 0.29) is 5.75 Å². The SMILES string of the molecule is Cc1ncccc1N1CCCSC1=NN=Cc1ccc(-c2ncn(-c3ccc(OC(F)(F)F)cc3)n2)cc1. The number of alkyl halides is 3. The van der Waals surface area contributed by atoms with Crippen molar-refractivity contribution >= 4 is 28.8 Å². The lowest BCUT2D eigenvalue weighted by molar-refractivity contribution is -0.274. The van der Waals surface area contributed by atoms with Gasteiger partial charge in [0.05, 0.1) is 23.3 Å². The highest BCUT2D eigenvalue weighted by Crippen LogP contribution is 2.27. The maximum atomic E-state index is 12.4. The minimum absolute atomic E-state index is 0.300. The average Bonchev–Trinajstić information content (AvgIpc) is 3.40. The standard InChI is InChI=1S/C26H22F3N7OS/c1-18-23(4-2-13-30-18)35-14-3-15-38-25(35)33-32-16-19-5-7-20(8-6-19)24-31-17-36(34-24)21-9-11-22(12-10-21)37-26(27,28)29/h2,4-13,16-17H,3,14-15H2,1H3. The first-order valence-electron chi connectivity index (χ1n) is 11.7. The van der Waals surface area contributed by atoms with E-state index in [9.17, 15) is 13.2 Å². The molecule has 2 aromatic carbocycles. The number of anilines is 1. The number of benzene rings is 2. The van der Waals surface area contributed by atoms with Gasteiger partial charge in [-0.15, -0.1) is 23.4 Å². The number of aromatic nitrogens is 4. The van der Waals surface area contributed by atoms with Gasteiger partial charge in [-0.25, -0.2) is 9.67 Å². The zero-order valence-corrected chi connectivity index (χ0v) is 21.0. The number of rotatable bonds is 6. The van der Waals surface area contributed by atoms with Crippen LogP contribution in [0.3, 0.4) is 0 Å². The zero-order valence-electron chi connectivity index (χ0n) is 20.2. The molecule has 38 heavy (non-hydrogen) atoms. The third kappa shape index (κ3) is 6.20. The summed E-state index contributed by atoms with van der Waals surface area (Å²) < 4.78 is 42.5. The molecule has 0 spiro atoms. The second-order valence-electron chi connectivity index (χ2n) is 8.27. The molecule has 0 amide bonds. The van der Waals surface area contributed by atoms with E-state index in [4.69, 9.17) is 0 Å². The summed E-state index contributed by atoms with van der Waals surface area (Å²) in [5, 5.41) is 14.0. The van der Waals surface area contributed by atoms with E-state index in [1.54, 1.807) is 24.2 Å². The number of hydrogen-bond donors (Lipinski definition) is 0. The van der Waals surface area contributed by atoms with Crippen LogP contribution in [-0.4, -0.2) is 49.8 Å². The van der Waals surface area contributed by atoms with Crippen molar-refractivity contribution in [3.63, 3.8) is 0 Å². The molecule has 0 bridgehead atoms. The van der Waals surface area contributed by atoms with Crippen molar-refractivity contribution in [2.24, 2.45) is 10.2 Å². The zero-order chi connectivity index (χ0) is 26.5. The van der Waals surface area contributed by atoms with Crippen molar-refractivity contribution in [1.29, 1.82) is 0 Å². The Labute approximate surface area is 220 Å². The van der Waals surface area contributed by atoms with Crippen LogP contribution in [-0.2, 0) is 0 Å². The summed E-state index contributed by atoms with van der Waals surface area (Å²) in [4.78, 5) is 10.8. The van der Waals surface area contributed by atoms with Crippen LogP contribution in [0, 0.1) is 6.92 Å². The Balaban J connectivity index is 1.26. The second kappa shape index (κ2) is 11.1. The Bertz CT molecular complexity index is 1450. The Morgan fingerprint density at radius 1 is 1.03 bits per heavy atom. The molecule has 5 rings (SSSR count). The minimum Gasteiger partial charge on any atom is -0.406 e. The highest BCUT2D eigenvalue weighted by molar-refractivity contribution is 8.14. The van der Waals surface area contributed by atoms with E-state index in [0.29, 0.717) is 11.5 Å². The van der Waals surface area contributed by atoms with E-state index in [1.807, 2.05) is 43.3 Å². The Morgan fingerprint density at radius 3 is 2.55 bits per heavy atom. The van der Waals surface area contributed by atoms with Crippen LogP contribution < -0.4 is 9.64 Å². The molecule has 12 heteroatoms. The van der Waals surface area contributed by atoms with Gasteiger partial charge in [-0.3, -0.25) is 4.98 Å². The van der Waals surface area contributed by atoms with E-state index in [1.165, 1.54) is 35.3 Å². The maximum absolute atomic E-state index is 12.4. The smallest absolute Gasteiger partial charge is 0.406 e. The van der Waals surface area contributed by atoms with Gasteiger partial charge < -0.3 is 9.64 Å². The molecule has 8 nitrogen and oxygen atoms in total. The molecule has 1 aliphatic heterocycles. The molecule has 2 aromatic heterocycles. The number of amidine groups is 1. The normalized spacial score (nSPS) is 15.4. The van der Waals surface area contributed by atoms with Gasteiger partial charge in [0.25, 0.3) is 0 Å². The first-order chi connectivity index (χ1) is 18.4. The van der Waals surface area contributed by atoms with Gasteiger partial charge in [-0.05, 0) is 55.3 Å². The average molecular weight is 538 g/mol. The van der Waals surface area contributed by atoms with E-state index < -0.39 is 6.36 Å². The summed E-state index contributed by atoms with van der Waals surface area (Å²) in [6.07, 6.45) is 1.29. The third-order valence-electron chi connectivity index (χ3n) is 5.60. The molecular weight excluding hydrogens is 515 g/mol. The molecule has 0 radical (unpaired) electrons. The molecule has 1 aliphatic rings. The van der Waals surface area contributed by atoms with Crippen LogP contribution in [0.5, 0.6) is 5.75 Å². The number of halogens is 3. The summed E-state index contributed by atoms with van der Waals surface area (Å²) in [6, 6.07) is 16.9. The van der Waals surface area contributed by atoms with Gasteiger partial charge >= 0.3 is 6.36 Å². The van der Waals surface area contributed by atoms with Gasteiger partial charge in [-0.2, -0.15) is 5.10 Å². The molecule has 0 unspecified atom stereocenters. The summed E-state index contributed by atoms with van der Waals surface area (Å²) in [6.45, 7) is 2.85. The molecule has 4 aromatic rings. The first kappa shape index (κ1) is 25.5. The van der Waals surface area contributed by atoms with Crippen molar-refractivity contribution < 1.29 is 17.9 Å². The topological polar surface area (TPSA) is 80.8 Å². The lowest BCUT2D eigenvalue weighted by atomic mass is 10.1. The van der Waals surface area contributed by atoms with Crippen molar-refractivity contribution in [2.45, 2.75) is 19.7 Å². The highest BCUT2D eigenvalue weighted by Gasteiger charge is 2.31. The molecule has 1 saturated heterocycles. The van der Waals surface area contributed by atoms with Gasteiger partial charge in [0.2, 0.25) is 0 Å². The van der Waals surface area contributed by atoms with E-state index in [2.05, 4.69) is 34.9 Å². The lowest BCUT2D eigenvalue weighted by Gasteiger charge is -2.29. The molecule has 0 saturated carbocycles. The van der Waals surface area contributed by atoms with Gasteiger partial charge in [0.1, 0.15) is 12.1 Å². The van der Waals surface area contributed by atoms with Crippen LogP contribution in [0.25, 0.3) is 17.1 Å². The molecule has 0 atom stereocenters. The second-order valence-corrected chi connectivity index (χ2v) is 9.33. The summed E-state index contributed by atoms with van der Waals surface area (Å²) in [5.74, 6) is 1.17. The number of hydrogen-bond acceptors (Lipinski definition) is 7. The number of aryl methyl sites for hydroxylation is 1. The fourth-order valence-corrected chi connectivity index (χ4v) is 4.72. The van der Waals surface area contributed by atoms with Crippen molar-refractivity contribution in [2.75, 3.05) is 17.2 Å². The molecule has 1 fully saturated rings. The van der Waals surface area contributed by atoms with Crippen LogP contribution in [0.1, 0.15) is 17.7 Å². The van der Waals surface area contributed by atoms with E-state index >= 15 is 0 Å². The monoisotopic (exact) mass is 537 g/mol. The number of thioether (sulfide) groups is 1. The van der Waals surface area contributed by atoms with Crippen molar-refractivity contribution in [3.8, 4) is 22.8 Å². The fraction of sp³-hybridized carbons (Fsp3) is 0.192. The van der Waals surface area contributed by atoms with Crippen LogP contribution in [0.15, 0.2) is 83.4 Å². The maximum Gasteiger partial charge on any atom is 0.573 e. The van der Waals surface area contributed by atoms with Crippen LogP contribution >= 0.6 is 11.8 Å². The van der Waals surface area contributed by atoms with Crippen LogP contribution in [0.4, 0.5) is 18.9 Å². The molecule has 3 heterocycles. The molecular formula is C26H22F3N7OS. The summed E-state index contributed by atoms with van der Waals surface area (Å²) in [7, 11) is 0.